The third kappa shape index (κ3) is 35.0. The Kier molecular flexibility index (Phi) is 43.8. The first-order chi connectivity index (χ1) is 33.9. The zero-order valence-electron chi connectivity index (χ0n) is 42.0. The predicted molar refractivity (Wildman–Crippen MR) is 319 cm³/mol. The summed E-state index contributed by atoms with van der Waals surface area (Å²) in [5, 5.41) is 76.2. The van der Waals surface area contributed by atoms with E-state index in [4.69, 9.17) is 33.9 Å². The van der Waals surface area contributed by atoms with E-state index in [2.05, 4.69) is 136 Å². The van der Waals surface area contributed by atoms with E-state index in [9.17, 15) is 9.59 Å². The summed E-state index contributed by atoms with van der Waals surface area (Å²) in [4.78, 5) is 35.1. The van der Waals surface area contributed by atoms with Crippen LogP contribution in [0.2, 0.25) is 0 Å². The van der Waals surface area contributed by atoms with E-state index in [-0.39, 0.29) is 57.4 Å². The van der Waals surface area contributed by atoms with E-state index in [0.717, 1.165) is 45.3 Å². The molecule has 72 heavy (non-hydrogen) atoms. The zero-order valence-corrected chi connectivity index (χ0v) is 47.1. The molecule has 0 spiro atoms. The minimum Gasteiger partial charge on any atom is -0.662 e. The van der Waals surface area contributed by atoms with Gasteiger partial charge in [0.1, 0.15) is 0 Å². The molecular formula is C44H92Cu2N20O2S4-12. The van der Waals surface area contributed by atoms with Crippen LogP contribution in [0.15, 0.2) is 15.0 Å². The maximum Gasteiger partial charge on any atom is 0.217 e. The Morgan fingerprint density at radius 2 is 0.694 bits per heavy atom. The van der Waals surface area contributed by atoms with E-state index < -0.39 is 22.2 Å². The molecule has 6 heterocycles. The number of thiocarbonyl (C=S) groups is 4. The van der Waals surface area contributed by atoms with E-state index >= 15 is 0 Å². The van der Waals surface area contributed by atoms with Gasteiger partial charge in [-0.15, -0.1) is 78.5 Å². The topological polar surface area (TPSA) is 315 Å². The molecule has 4 bridgehead atoms. The number of aliphatic imine (C=N–C) groups is 3. The number of nitrogens with zero attached hydrogens (tertiary/aromatic N) is 15. The SMILES string of the molecule is CC(=O)NC12C[N-]CC[N-]CC(N)(C[N-]CC[N-]C1)C[N-]CC[N-]C2.CC(=O)NC12C[N-]CC[N-]CC(NC(=S)NCCCCN=C=S)(C[N-]CC[N-]C1)C[N-]CC[N-]C2.S=C=NCCCCN=C=S.[Cu].[Cu].[HH].[HH].[HH].[HH].[HH].[HH].[HH].[HH]. The van der Waals surface area contributed by atoms with Gasteiger partial charge in [0.2, 0.25) is 11.8 Å². The maximum atomic E-state index is 11.9. The summed E-state index contributed by atoms with van der Waals surface area (Å²) in [6.07, 6.45) is 3.83. The smallest absolute Gasteiger partial charge is 0.217 e. The molecule has 28 heteroatoms. The normalized spacial score (nSPS) is 26.0. The number of nitrogens with one attached hydrogen (secondary N) is 4. The average molecular weight is 1190 g/mol. The van der Waals surface area contributed by atoms with Gasteiger partial charge in [-0.05, 0) is 96.7 Å². The quantitative estimate of drug-likeness (QED) is 0.0549. The van der Waals surface area contributed by atoms with Crippen molar-refractivity contribution in [1.29, 1.82) is 0 Å². The maximum absolute atomic E-state index is 11.9. The third-order valence-electron chi connectivity index (χ3n) is 10.7. The van der Waals surface area contributed by atoms with Crippen molar-refractivity contribution in [3.05, 3.63) is 63.8 Å². The van der Waals surface area contributed by atoms with Gasteiger partial charge in [-0.2, -0.15) is 78.5 Å². The summed E-state index contributed by atoms with van der Waals surface area (Å²) in [5.41, 5.74) is 4.28. The molecular weight excluding hydrogens is 1100 g/mol. The van der Waals surface area contributed by atoms with E-state index in [0.29, 0.717) is 169 Å². The number of amides is 2. The molecule has 6 aliphatic rings. The van der Waals surface area contributed by atoms with Crippen LogP contribution in [0.5, 0.6) is 0 Å². The molecule has 22 nitrogen and oxygen atoms in total. The Balaban J connectivity index is -0.000000142. The number of isothiocyanates is 3. The monoisotopic (exact) mass is 1190 g/mol. The molecule has 6 saturated heterocycles. The molecule has 6 N–H and O–H groups in total. The third-order valence-corrected chi connectivity index (χ3v) is 11.4. The molecule has 6 rings (SSSR count). The minimum atomic E-state index is -0.598. The van der Waals surface area contributed by atoms with Crippen LogP contribution in [-0.4, -0.2) is 238 Å². The number of hydrogen-bond acceptors (Lipinski definition) is 10. The molecule has 0 aromatic carbocycles. The van der Waals surface area contributed by atoms with Crippen LogP contribution in [-0.2, 0) is 43.7 Å². The van der Waals surface area contributed by atoms with Gasteiger partial charge in [0, 0.05) is 85.6 Å². The number of carbonyl (C=O) groups excluding carboxylic acids is 2. The molecule has 6 fully saturated rings. The van der Waals surface area contributed by atoms with Crippen LogP contribution in [0.1, 0.15) is 50.9 Å². The number of nitrogens with two attached hydrogens (primary N) is 1. The molecule has 0 atom stereocenters. The molecule has 2 radical (unpaired) electrons. The van der Waals surface area contributed by atoms with Crippen molar-refractivity contribution in [2.24, 2.45) is 20.7 Å². The Morgan fingerprint density at radius 1 is 0.458 bits per heavy atom. The molecule has 0 aliphatic carbocycles. The zero-order chi connectivity index (χ0) is 50.9. The van der Waals surface area contributed by atoms with Gasteiger partial charge in [-0.3, -0.25) is 9.59 Å². The summed E-state index contributed by atoms with van der Waals surface area (Å²) < 4.78 is 0. The molecule has 0 aromatic heterocycles. The number of rotatable bonds is 13. The fourth-order valence-corrected chi connectivity index (χ4v) is 8.01. The van der Waals surface area contributed by atoms with Gasteiger partial charge in [-0.25, -0.2) is 15.0 Å². The molecule has 2 amide bonds. The first kappa shape index (κ1) is 70.5. The molecule has 0 saturated carbocycles. The number of hydrogen-bond donors (Lipinski definition) is 5. The summed E-state index contributed by atoms with van der Waals surface area (Å²) in [7, 11) is 0. The van der Waals surface area contributed by atoms with Crippen molar-refractivity contribution < 1.29 is 55.1 Å². The second kappa shape index (κ2) is 44.7. The average Bonchev–Trinajstić information content (AvgIpc) is 3.32. The Labute approximate surface area is 484 Å². The van der Waals surface area contributed by atoms with E-state index in [1.54, 1.807) is 0 Å². The second-order valence-corrected chi connectivity index (χ2v) is 18.5. The number of fused-ring (bicyclic) bond motifs is 30. The van der Waals surface area contributed by atoms with Crippen molar-refractivity contribution in [2.75, 3.05) is 183 Å². The standard InChI is InChI=1S/C22H38N10OS2.C16H30N8O.C6H8N2S2.2Cu.8H2/c1-19(33)31-21-12-23-6-9-26-15-22(16-27-10-7-24-13-21,17-28-11-8-25-14-21)32-20(35)30-5-3-2-4-29-18-34;1-14(25)24-16-11-21-5-2-18-8-15(17,9-19-3-6-22-12-16)10-20-4-7-23-13-16;9-5-7-3-1-2-4-8-6-10;;;;;;;;;;/h2-17H2,1H3,(H,31,33)(H2,30,32,35);2-13,17H2,1H3,(H,24,25);1-4H2;;;8*1H/q2*-6;;;;;;;;;;;. The molecule has 438 valence electrons. The summed E-state index contributed by atoms with van der Waals surface area (Å²) in [6, 6.07) is 0. The fraction of sp³-hybridized carbons (Fsp3) is 0.864. The van der Waals surface area contributed by atoms with Crippen molar-refractivity contribution in [3.8, 4) is 0 Å². The van der Waals surface area contributed by atoms with Crippen molar-refractivity contribution in [3.63, 3.8) is 0 Å². The summed E-state index contributed by atoms with van der Waals surface area (Å²) >= 11 is 19.0. The largest absolute Gasteiger partial charge is 0.662 e. The fourth-order valence-electron chi connectivity index (χ4n) is 7.42. The van der Waals surface area contributed by atoms with Crippen LogP contribution < -0.4 is 27.0 Å². The number of carbonyl (C=O) groups is 2. The Morgan fingerprint density at radius 3 is 0.944 bits per heavy atom. The van der Waals surface area contributed by atoms with Gasteiger partial charge < -0.3 is 90.8 Å². The predicted octanol–water partition coefficient (Wildman–Crippen LogP) is 6.98. The van der Waals surface area contributed by atoms with Gasteiger partial charge in [0.05, 0.1) is 15.5 Å². The first-order valence-corrected chi connectivity index (χ1v) is 25.7. The minimum absolute atomic E-state index is 0. The van der Waals surface area contributed by atoms with Crippen molar-refractivity contribution in [2.45, 2.75) is 61.7 Å². The molecule has 0 aromatic rings. The van der Waals surface area contributed by atoms with E-state index in [1.165, 1.54) is 13.8 Å². The van der Waals surface area contributed by atoms with Crippen molar-refractivity contribution in [1.82, 2.24) is 21.3 Å². The molecule has 6 aliphatic heterocycles. The van der Waals surface area contributed by atoms with Crippen LogP contribution >= 0.6 is 48.9 Å². The Hall–Kier alpha value is -1.45. The summed E-state index contributed by atoms with van der Waals surface area (Å²) in [6.45, 7) is 19.0. The van der Waals surface area contributed by atoms with Crippen LogP contribution in [0.3, 0.4) is 0 Å². The van der Waals surface area contributed by atoms with Gasteiger partial charge in [0.25, 0.3) is 0 Å². The van der Waals surface area contributed by atoms with Crippen molar-refractivity contribution >= 4 is 81.3 Å². The van der Waals surface area contributed by atoms with Crippen LogP contribution in [0.25, 0.3) is 63.8 Å². The second-order valence-electron chi connectivity index (χ2n) is 17.5. The van der Waals surface area contributed by atoms with Gasteiger partial charge in [-0.1, -0.05) is 0 Å². The van der Waals surface area contributed by atoms with E-state index in [1.807, 2.05) is 0 Å². The van der Waals surface area contributed by atoms with Gasteiger partial charge in [0.15, 0.2) is 5.11 Å². The first-order valence-electron chi connectivity index (χ1n) is 24.1. The van der Waals surface area contributed by atoms with Crippen LogP contribution in [0.4, 0.5) is 0 Å². The van der Waals surface area contributed by atoms with Crippen LogP contribution in [0, 0.1) is 0 Å². The summed E-state index contributed by atoms with van der Waals surface area (Å²) in [5.74, 6) is -0.189. The molecule has 0 unspecified atom stereocenters. The van der Waals surface area contributed by atoms with Gasteiger partial charge >= 0.3 is 0 Å². The Bertz CT molecular complexity index is 1540. The number of unbranched alkanes of at least 4 members (excludes halogenated alkanes) is 2.